The number of rotatable bonds is 5. The summed E-state index contributed by atoms with van der Waals surface area (Å²) in [6, 6.07) is 4.72. The van der Waals surface area contributed by atoms with Gasteiger partial charge in [0.2, 0.25) is 5.91 Å². The van der Waals surface area contributed by atoms with E-state index >= 15 is 0 Å². The van der Waals surface area contributed by atoms with Crippen LogP contribution in [0.25, 0.3) is 0 Å². The number of carbonyl (C=O) groups excluding carboxylic acids is 1. The molecule has 0 bridgehead atoms. The highest BCUT2D eigenvalue weighted by atomic mass is 19.1. The van der Waals surface area contributed by atoms with Crippen LogP contribution >= 0.6 is 0 Å². The minimum Gasteiger partial charge on any atom is -0.496 e. The Morgan fingerprint density at radius 1 is 1.29 bits per heavy atom. The Labute approximate surface area is 166 Å². The minimum absolute atomic E-state index is 0.222. The number of hydrogen-bond donors (Lipinski definition) is 0. The van der Waals surface area contributed by atoms with E-state index in [1.54, 1.807) is 19.2 Å². The first kappa shape index (κ1) is 19.6. The summed E-state index contributed by atoms with van der Waals surface area (Å²) in [7, 11) is 1.63. The summed E-state index contributed by atoms with van der Waals surface area (Å²) in [6.45, 7) is 5.10. The molecule has 0 saturated carbocycles. The maximum absolute atomic E-state index is 13.6. The summed E-state index contributed by atoms with van der Waals surface area (Å²) in [5, 5.41) is 0. The Morgan fingerprint density at radius 3 is 2.82 bits per heavy atom. The van der Waals surface area contributed by atoms with E-state index in [4.69, 9.17) is 9.47 Å². The van der Waals surface area contributed by atoms with Crippen molar-refractivity contribution >= 4 is 5.91 Å². The smallest absolute Gasteiger partial charge is 0.222 e. The summed E-state index contributed by atoms with van der Waals surface area (Å²) >= 11 is 0. The van der Waals surface area contributed by atoms with E-state index in [2.05, 4.69) is 9.80 Å². The van der Waals surface area contributed by atoms with Gasteiger partial charge >= 0.3 is 0 Å². The van der Waals surface area contributed by atoms with E-state index in [0.717, 1.165) is 76.2 Å². The van der Waals surface area contributed by atoms with E-state index in [1.807, 2.05) is 0 Å². The molecule has 0 aromatic heterocycles. The zero-order valence-corrected chi connectivity index (χ0v) is 16.8. The first-order valence-corrected chi connectivity index (χ1v) is 10.5. The van der Waals surface area contributed by atoms with Gasteiger partial charge in [0.1, 0.15) is 11.6 Å². The minimum atomic E-state index is -0.222. The molecule has 3 saturated heterocycles. The largest absolute Gasteiger partial charge is 0.496 e. The number of amides is 1. The third-order valence-electron chi connectivity index (χ3n) is 6.75. The quantitative estimate of drug-likeness (QED) is 0.774. The van der Waals surface area contributed by atoms with Crippen LogP contribution in [0.2, 0.25) is 0 Å². The Kier molecular flexibility index (Phi) is 5.88. The fraction of sp³-hybridized carbons (Fsp3) is 0.682. The Hall–Kier alpha value is -1.66. The van der Waals surface area contributed by atoms with Gasteiger partial charge in [-0.05, 0) is 68.8 Å². The molecule has 1 atom stereocenters. The number of benzene rings is 1. The van der Waals surface area contributed by atoms with Crippen molar-refractivity contribution < 1.29 is 18.7 Å². The first-order valence-electron chi connectivity index (χ1n) is 10.5. The molecule has 4 rings (SSSR count). The van der Waals surface area contributed by atoms with Crippen LogP contribution in [-0.2, 0) is 16.1 Å². The number of ether oxygens (including phenoxy) is 2. The summed E-state index contributed by atoms with van der Waals surface area (Å²) in [5.41, 5.74) is 1.13. The molecular weight excluding hydrogens is 359 g/mol. The van der Waals surface area contributed by atoms with E-state index in [9.17, 15) is 9.18 Å². The Balaban J connectivity index is 1.35. The molecule has 0 unspecified atom stereocenters. The summed E-state index contributed by atoms with van der Waals surface area (Å²) < 4.78 is 24.8. The van der Waals surface area contributed by atoms with E-state index in [0.29, 0.717) is 13.0 Å². The molecule has 3 fully saturated rings. The highest BCUT2D eigenvalue weighted by Crippen LogP contribution is 2.41. The molecule has 5 nitrogen and oxygen atoms in total. The maximum atomic E-state index is 13.6. The molecule has 1 aromatic carbocycles. The lowest BCUT2D eigenvalue weighted by molar-refractivity contribution is -0.141. The van der Waals surface area contributed by atoms with E-state index in [-0.39, 0.29) is 23.2 Å². The van der Waals surface area contributed by atoms with Crippen molar-refractivity contribution in [1.82, 2.24) is 9.80 Å². The van der Waals surface area contributed by atoms with Gasteiger partial charge in [-0.1, -0.05) is 0 Å². The van der Waals surface area contributed by atoms with Gasteiger partial charge in [0, 0.05) is 38.2 Å². The normalized spacial score (nSPS) is 25.4. The Bertz CT molecular complexity index is 697. The van der Waals surface area contributed by atoms with Crippen LogP contribution in [0.1, 0.15) is 44.1 Å². The topological polar surface area (TPSA) is 42.0 Å². The predicted molar refractivity (Wildman–Crippen MR) is 105 cm³/mol. The fourth-order valence-electron chi connectivity index (χ4n) is 5.01. The molecule has 154 valence electrons. The first-order chi connectivity index (χ1) is 13.6. The Morgan fingerprint density at radius 2 is 2.11 bits per heavy atom. The van der Waals surface area contributed by atoms with Crippen molar-refractivity contribution in [3.8, 4) is 5.75 Å². The molecule has 3 aliphatic rings. The molecule has 1 spiro atoms. The number of piperidine rings is 2. The van der Waals surface area contributed by atoms with Gasteiger partial charge in [-0.15, -0.1) is 0 Å². The van der Waals surface area contributed by atoms with Crippen molar-refractivity contribution in [2.75, 3.05) is 39.9 Å². The van der Waals surface area contributed by atoms with Gasteiger partial charge in [-0.3, -0.25) is 9.69 Å². The number of methoxy groups -OCH3 is 1. The van der Waals surface area contributed by atoms with Crippen LogP contribution < -0.4 is 4.74 Å². The van der Waals surface area contributed by atoms with E-state index < -0.39 is 0 Å². The zero-order valence-electron chi connectivity index (χ0n) is 16.8. The number of likely N-dealkylation sites (tertiary alicyclic amines) is 2. The van der Waals surface area contributed by atoms with Gasteiger partial charge in [0.25, 0.3) is 0 Å². The molecular formula is C22H31FN2O3. The van der Waals surface area contributed by atoms with Gasteiger partial charge in [0.15, 0.2) is 0 Å². The number of carbonyl (C=O) groups is 1. The molecule has 3 heterocycles. The van der Waals surface area contributed by atoms with Crippen molar-refractivity contribution in [2.24, 2.45) is 5.41 Å². The lowest BCUT2D eigenvalue weighted by atomic mass is 9.72. The third-order valence-corrected chi connectivity index (χ3v) is 6.75. The van der Waals surface area contributed by atoms with Crippen LogP contribution in [0.4, 0.5) is 4.39 Å². The molecule has 6 heteroatoms. The van der Waals surface area contributed by atoms with Gasteiger partial charge in [-0.25, -0.2) is 4.39 Å². The SMILES string of the molecule is COc1ccc(F)cc1CN1CCC2(CCC(=O)N(C[C@H]3CCCO3)C2)CC1. The maximum Gasteiger partial charge on any atom is 0.222 e. The van der Waals surface area contributed by atoms with Gasteiger partial charge < -0.3 is 14.4 Å². The van der Waals surface area contributed by atoms with Crippen molar-refractivity contribution in [1.29, 1.82) is 0 Å². The van der Waals surface area contributed by atoms with Crippen LogP contribution in [0, 0.1) is 11.2 Å². The van der Waals surface area contributed by atoms with Crippen molar-refractivity contribution in [3.05, 3.63) is 29.6 Å². The second-order valence-corrected chi connectivity index (χ2v) is 8.64. The average Bonchev–Trinajstić information content (AvgIpc) is 3.20. The molecule has 0 aliphatic carbocycles. The van der Waals surface area contributed by atoms with Gasteiger partial charge in [0.05, 0.1) is 13.2 Å². The average molecular weight is 390 g/mol. The van der Waals surface area contributed by atoms with Gasteiger partial charge in [-0.2, -0.15) is 0 Å². The molecule has 28 heavy (non-hydrogen) atoms. The summed E-state index contributed by atoms with van der Waals surface area (Å²) in [4.78, 5) is 16.9. The van der Waals surface area contributed by atoms with Crippen molar-refractivity contribution in [3.63, 3.8) is 0 Å². The van der Waals surface area contributed by atoms with Crippen LogP contribution in [0.5, 0.6) is 5.75 Å². The number of halogens is 1. The monoisotopic (exact) mass is 390 g/mol. The summed E-state index contributed by atoms with van der Waals surface area (Å²) in [6.07, 6.45) is 6.21. The van der Waals surface area contributed by atoms with Crippen LogP contribution in [0.3, 0.4) is 0 Å². The highest BCUT2D eigenvalue weighted by molar-refractivity contribution is 5.77. The lowest BCUT2D eigenvalue weighted by Gasteiger charge is -2.48. The van der Waals surface area contributed by atoms with Crippen LogP contribution in [0.15, 0.2) is 18.2 Å². The van der Waals surface area contributed by atoms with Crippen LogP contribution in [-0.4, -0.2) is 61.7 Å². The standard InChI is InChI=1S/C22H31FN2O3/c1-27-20-5-4-18(23)13-17(20)14-24-10-8-22(9-11-24)7-6-21(26)25(16-22)15-19-3-2-12-28-19/h4-5,13,19H,2-3,6-12,14-16H2,1H3/t19-/m1/s1. The number of hydrogen-bond acceptors (Lipinski definition) is 4. The second kappa shape index (κ2) is 8.37. The molecule has 0 N–H and O–H groups in total. The lowest BCUT2D eigenvalue weighted by Crippen LogP contribution is -2.52. The summed E-state index contributed by atoms with van der Waals surface area (Å²) in [5.74, 6) is 0.806. The molecule has 1 aromatic rings. The third kappa shape index (κ3) is 4.33. The zero-order chi connectivity index (χ0) is 19.6. The number of nitrogens with zero attached hydrogens (tertiary/aromatic N) is 2. The fourth-order valence-corrected chi connectivity index (χ4v) is 5.01. The second-order valence-electron chi connectivity index (χ2n) is 8.64. The molecule has 3 aliphatic heterocycles. The molecule has 1 amide bonds. The van der Waals surface area contributed by atoms with Crippen molar-refractivity contribution in [2.45, 2.75) is 51.2 Å². The van der Waals surface area contributed by atoms with E-state index in [1.165, 1.54) is 6.07 Å². The highest BCUT2D eigenvalue weighted by Gasteiger charge is 2.41. The predicted octanol–water partition coefficient (Wildman–Crippen LogP) is 3.22. The molecule has 0 radical (unpaired) electrons.